The Balaban J connectivity index is 2.52. The molecule has 2 unspecified atom stereocenters. The van der Waals surface area contributed by atoms with Crippen LogP contribution >= 0.6 is 0 Å². The lowest BCUT2D eigenvalue weighted by atomic mass is 9.98. The maximum atomic E-state index is 6.16. The molecular formula is C13H16N2O. The van der Waals surface area contributed by atoms with Crippen molar-refractivity contribution >= 4 is 10.8 Å². The highest BCUT2D eigenvalue weighted by Crippen LogP contribution is 2.24. The van der Waals surface area contributed by atoms with Crippen LogP contribution < -0.4 is 5.73 Å². The van der Waals surface area contributed by atoms with Gasteiger partial charge in [0, 0.05) is 24.9 Å². The Morgan fingerprint density at radius 1 is 1.31 bits per heavy atom. The molecule has 1 aromatic heterocycles. The van der Waals surface area contributed by atoms with E-state index < -0.39 is 0 Å². The Bertz CT molecular complexity index is 479. The lowest BCUT2D eigenvalue weighted by Gasteiger charge is -2.20. The number of ether oxygens (including phenoxy) is 1. The predicted octanol–water partition coefficient (Wildman–Crippen LogP) is 2.27. The van der Waals surface area contributed by atoms with Gasteiger partial charge in [-0.3, -0.25) is 4.98 Å². The van der Waals surface area contributed by atoms with Crippen molar-refractivity contribution in [1.82, 2.24) is 4.98 Å². The van der Waals surface area contributed by atoms with Gasteiger partial charge in [-0.25, -0.2) is 0 Å². The Hall–Kier alpha value is -1.45. The second kappa shape index (κ2) is 4.60. The summed E-state index contributed by atoms with van der Waals surface area (Å²) in [4.78, 5) is 4.14. The Kier molecular flexibility index (Phi) is 3.17. The third-order valence-electron chi connectivity index (χ3n) is 2.95. The molecule has 2 N–H and O–H groups in total. The molecule has 0 saturated heterocycles. The highest BCUT2D eigenvalue weighted by molar-refractivity contribution is 5.85. The van der Waals surface area contributed by atoms with Gasteiger partial charge in [0.25, 0.3) is 0 Å². The van der Waals surface area contributed by atoms with Crippen molar-refractivity contribution in [2.45, 2.75) is 19.1 Å². The summed E-state index contributed by atoms with van der Waals surface area (Å²) in [5, 5.41) is 2.26. The lowest BCUT2D eigenvalue weighted by Crippen LogP contribution is -2.25. The fourth-order valence-electron chi connectivity index (χ4n) is 1.83. The van der Waals surface area contributed by atoms with Gasteiger partial charge >= 0.3 is 0 Å². The van der Waals surface area contributed by atoms with E-state index in [1.54, 1.807) is 13.3 Å². The van der Waals surface area contributed by atoms with Crippen molar-refractivity contribution in [2.75, 3.05) is 7.11 Å². The zero-order valence-electron chi connectivity index (χ0n) is 9.55. The van der Waals surface area contributed by atoms with Gasteiger partial charge in [-0.2, -0.15) is 0 Å². The van der Waals surface area contributed by atoms with Crippen LogP contribution in [0.25, 0.3) is 10.8 Å². The quantitative estimate of drug-likeness (QED) is 0.856. The molecule has 3 nitrogen and oxygen atoms in total. The largest absolute Gasteiger partial charge is 0.380 e. The summed E-state index contributed by atoms with van der Waals surface area (Å²) in [6.07, 6.45) is 3.63. The number of hydrogen-bond donors (Lipinski definition) is 1. The number of fused-ring (bicyclic) bond motifs is 1. The molecule has 2 atom stereocenters. The van der Waals surface area contributed by atoms with Crippen molar-refractivity contribution in [1.29, 1.82) is 0 Å². The molecule has 16 heavy (non-hydrogen) atoms. The van der Waals surface area contributed by atoms with Crippen LogP contribution in [0.15, 0.2) is 36.7 Å². The molecule has 0 aliphatic heterocycles. The summed E-state index contributed by atoms with van der Waals surface area (Å²) in [5.41, 5.74) is 7.25. The van der Waals surface area contributed by atoms with Crippen molar-refractivity contribution in [2.24, 2.45) is 5.73 Å². The van der Waals surface area contributed by atoms with Crippen LogP contribution in [0.5, 0.6) is 0 Å². The molecule has 0 bridgehead atoms. The van der Waals surface area contributed by atoms with Crippen LogP contribution in [-0.2, 0) is 4.74 Å². The fourth-order valence-corrected chi connectivity index (χ4v) is 1.83. The Morgan fingerprint density at radius 2 is 2.12 bits per heavy atom. The number of rotatable bonds is 3. The first-order chi connectivity index (χ1) is 7.74. The Labute approximate surface area is 95.2 Å². The molecular weight excluding hydrogens is 200 g/mol. The van der Waals surface area contributed by atoms with Gasteiger partial charge in [0.05, 0.1) is 12.1 Å². The number of hydrogen-bond acceptors (Lipinski definition) is 3. The molecule has 0 aliphatic carbocycles. The van der Waals surface area contributed by atoms with E-state index in [2.05, 4.69) is 11.1 Å². The number of nitrogens with zero attached hydrogens (tertiary/aromatic N) is 1. The van der Waals surface area contributed by atoms with Gasteiger partial charge in [-0.1, -0.05) is 18.2 Å². The number of nitrogens with two attached hydrogens (primary N) is 1. The smallest absolute Gasteiger partial charge is 0.0735 e. The van der Waals surface area contributed by atoms with Crippen LogP contribution in [0.2, 0.25) is 0 Å². The predicted molar refractivity (Wildman–Crippen MR) is 65.1 cm³/mol. The summed E-state index contributed by atoms with van der Waals surface area (Å²) in [6.45, 7) is 1.97. The van der Waals surface area contributed by atoms with Gasteiger partial charge < -0.3 is 10.5 Å². The van der Waals surface area contributed by atoms with E-state index in [9.17, 15) is 0 Å². The zero-order chi connectivity index (χ0) is 11.5. The summed E-state index contributed by atoms with van der Waals surface area (Å²) in [7, 11) is 1.67. The van der Waals surface area contributed by atoms with Gasteiger partial charge in [0.2, 0.25) is 0 Å². The normalized spacial score (nSPS) is 14.9. The molecule has 0 amide bonds. The first-order valence-electron chi connectivity index (χ1n) is 5.35. The monoisotopic (exact) mass is 216 g/mol. The van der Waals surface area contributed by atoms with E-state index in [4.69, 9.17) is 10.5 Å². The lowest BCUT2D eigenvalue weighted by molar-refractivity contribution is 0.0960. The number of pyridine rings is 1. The first-order valence-corrected chi connectivity index (χ1v) is 5.35. The van der Waals surface area contributed by atoms with E-state index in [0.717, 1.165) is 16.3 Å². The van der Waals surface area contributed by atoms with E-state index in [1.807, 2.05) is 31.3 Å². The number of methoxy groups -OCH3 is 1. The van der Waals surface area contributed by atoms with E-state index in [0.29, 0.717) is 0 Å². The Morgan fingerprint density at radius 3 is 2.88 bits per heavy atom. The van der Waals surface area contributed by atoms with E-state index in [-0.39, 0.29) is 12.1 Å². The van der Waals surface area contributed by atoms with Crippen LogP contribution in [0.3, 0.4) is 0 Å². The van der Waals surface area contributed by atoms with Crippen molar-refractivity contribution in [3.05, 3.63) is 42.2 Å². The highest BCUT2D eigenvalue weighted by atomic mass is 16.5. The maximum absolute atomic E-state index is 6.16. The summed E-state index contributed by atoms with van der Waals surface area (Å²) >= 11 is 0. The van der Waals surface area contributed by atoms with Gasteiger partial charge in [0.1, 0.15) is 0 Å². The zero-order valence-corrected chi connectivity index (χ0v) is 9.55. The topological polar surface area (TPSA) is 48.1 Å². The molecule has 0 spiro atoms. The standard InChI is InChI=1S/C13H16N2O/c1-9(16-2)13(14)11-5-3-4-10-6-7-15-8-12(10)11/h3-9,13H,14H2,1-2H3. The molecule has 1 aromatic carbocycles. The van der Waals surface area contributed by atoms with E-state index >= 15 is 0 Å². The van der Waals surface area contributed by atoms with E-state index in [1.165, 1.54) is 0 Å². The average Bonchev–Trinajstić information content (AvgIpc) is 2.36. The summed E-state index contributed by atoms with van der Waals surface area (Å²) < 4.78 is 5.27. The minimum Gasteiger partial charge on any atom is -0.380 e. The highest BCUT2D eigenvalue weighted by Gasteiger charge is 2.16. The molecule has 2 aromatic rings. The third kappa shape index (κ3) is 1.92. The molecule has 0 radical (unpaired) electrons. The minimum atomic E-state index is -0.127. The molecule has 3 heteroatoms. The summed E-state index contributed by atoms with van der Waals surface area (Å²) in [5.74, 6) is 0. The summed E-state index contributed by atoms with van der Waals surface area (Å²) in [6, 6.07) is 7.97. The molecule has 0 saturated carbocycles. The second-order valence-corrected chi connectivity index (χ2v) is 3.91. The van der Waals surface area contributed by atoms with Crippen molar-refractivity contribution < 1.29 is 4.74 Å². The van der Waals surface area contributed by atoms with Crippen molar-refractivity contribution in [3.63, 3.8) is 0 Å². The van der Waals surface area contributed by atoms with Gasteiger partial charge in [-0.15, -0.1) is 0 Å². The molecule has 1 heterocycles. The number of aromatic nitrogens is 1. The fraction of sp³-hybridized carbons (Fsp3) is 0.308. The molecule has 2 rings (SSSR count). The molecule has 84 valence electrons. The van der Waals surface area contributed by atoms with Crippen LogP contribution in [-0.4, -0.2) is 18.2 Å². The van der Waals surface area contributed by atoms with Crippen LogP contribution in [0.4, 0.5) is 0 Å². The third-order valence-corrected chi connectivity index (χ3v) is 2.95. The van der Waals surface area contributed by atoms with Crippen LogP contribution in [0.1, 0.15) is 18.5 Å². The maximum Gasteiger partial charge on any atom is 0.0735 e. The first kappa shape index (κ1) is 11.0. The molecule has 0 aliphatic rings. The SMILES string of the molecule is COC(C)C(N)c1cccc2ccncc12. The minimum absolute atomic E-state index is 0.00851. The average molecular weight is 216 g/mol. The van der Waals surface area contributed by atoms with Crippen LogP contribution in [0, 0.1) is 0 Å². The molecule has 0 fully saturated rings. The van der Waals surface area contributed by atoms with Crippen molar-refractivity contribution in [3.8, 4) is 0 Å². The van der Waals surface area contributed by atoms with Gasteiger partial charge in [-0.05, 0) is 23.9 Å². The second-order valence-electron chi connectivity index (χ2n) is 3.91. The van der Waals surface area contributed by atoms with Gasteiger partial charge in [0.15, 0.2) is 0 Å². The number of benzene rings is 1.